The molecule has 18 heavy (non-hydrogen) atoms. The number of carbonyl (C=O) groups is 4. The van der Waals surface area contributed by atoms with Crippen molar-refractivity contribution in [3.05, 3.63) is 0 Å². The minimum Gasteiger partial charge on any atom is -0.652 e. The maximum Gasteiger partial charge on any atom is 3.00 e. The van der Waals surface area contributed by atoms with Gasteiger partial charge in [0.25, 0.3) is 0 Å². The van der Waals surface area contributed by atoms with Gasteiger partial charge in [0.2, 0.25) is 0 Å². The van der Waals surface area contributed by atoms with Gasteiger partial charge in [-0.15, -0.1) is 0 Å². The summed E-state index contributed by atoms with van der Waals surface area (Å²) in [6, 6.07) is 0. The van der Waals surface area contributed by atoms with Crippen molar-refractivity contribution in [3.8, 4) is 0 Å². The number of carboxylic acids is 3. The summed E-state index contributed by atoms with van der Waals surface area (Å²) in [6.45, 7) is 2.92. The molecule has 9 nitrogen and oxygen atoms in total. The van der Waals surface area contributed by atoms with Gasteiger partial charge in [-0.25, -0.2) is 0 Å². The standard InChI is InChI=1S/3C2H4O2.CH2O3.2Ru/c3*1-2(3)4;2-1(3)4;;/h3*1H3,(H,3,4);(H2,2,3,4);;/q;;;;+2;+3/p-5. The molecule has 0 N–H and O–H groups in total. The van der Waals surface area contributed by atoms with E-state index in [-0.39, 0.29) is 39.0 Å². The van der Waals surface area contributed by atoms with E-state index >= 15 is 0 Å². The van der Waals surface area contributed by atoms with Gasteiger partial charge in [-0.3, -0.25) is 0 Å². The second kappa shape index (κ2) is 29.7. The summed E-state index contributed by atoms with van der Waals surface area (Å²) in [5.41, 5.74) is 0. The Kier molecular flexibility index (Phi) is 59.4. The molecule has 0 saturated heterocycles. The summed E-state index contributed by atoms with van der Waals surface area (Å²) in [5.74, 6) is -3.25. The maximum atomic E-state index is 8.89. The Hall–Kier alpha value is -1.07. The monoisotopic (exact) mass is 441 g/mol. The molecule has 0 aliphatic rings. The minimum atomic E-state index is -2.33. The quantitative estimate of drug-likeness (QED) is 0.331. The Morgan fingerprint density at radius 1 is 0.611 bits per heavy atom. The molecule has 0 bridgehead atoms. The summed E-state index contributed by atoms with van der Waals surface area (Å²) in [6.07, 6.45) is -2.33. The maximum absolute atomic E-state index is 8.89. The first-order valence-corrected chi connectivity index (χ1v) is 3.34. The average molecular weight is 439 g/mol. The third kappa shape index (κ3) is 2510. The molecule has 107 valence electrons. The topological polar surface area (TPSA) is 184 Å². The van der Waals surface area contributed by atoms with Crippen LogP contribution >= 0.6 is 0 Å². The fourth-order valence-electron chi connectivity index (χ4n) is 0. The van der Waals surface area contributed by atoms with Crippen LogP contribution in [0.4, 0.5) is 4.79 Å². The van der Waals surface area contributed by atoms with Crippen molar-refractivity contribution >= 4 is 24.1 Å². The molecule has 0 amide bonds. The van der Waals surface area contributed by atoms with Crippen molar-refractivity contribution in [1.82, 2.24) is 0 Å². The SMILES string of the molecule is CC(=O)[O-].CC(=O)[O-].CC(=O)[O-].O=C([O-])[O-].[Ru+2].[Ru+3]. The Labute approximate surface area is 128 Å². The zero-order valence-corrected chi connectivity index (χ0v) is 12.9. The first kappa shape index (κ1) is 36.0. The summed E-state index contributed by atoms with van der Waals surface area (Å²) in [5, 5.41) is 43.3. The number of hydrogen-bond acceptors (Lipinski definition) is 9. The Bertz CT molecular complexity index is 165. The van der Waals surface area contributed by atoms with Gasteiger partial charge in [0, 0.05) is 17.9 Å². The van der Waals surface area contributed by atoms with E-state index in [9.17, 15) is 0 Å². The van der Waals surface area contributed by atoms with Crippen molar-refractivity contribution in [3.63, 3.8) is 0 Å². The summed E-state index contributed by atoms with van der Waals surface area (Å²) < 4.78 is 0. The molecule has 0 aromatic carbocycles. The van der Waals surface area contributed by atoms with Crippen LogP contribution in [0.3, 0.4) is 0 Å². The van der Waals surface area contributed by atoms with Crippen LogP contribution in [0.5, 0.6) is 0 Å². The van der Waals surface area contributed by atoms with E-state index in [1.165, 1.54) is 0 Å². The molecule has 0 aromatic heterocycles. The predicted molar refractivity (Wildman–Crippen MR) is 37.4 cm³/mol. The Morgan fingerprint density at radius 2 is 0.611 bits per heavy atom. The summed E-state index contributed by atoms with van der Waals surface area (Å²) in [4.78, 5) is 35.0. The van der Waals surface area contributed by atoms with Crippen LogP contribution in [-0.2, 0) is 53.3 Å². The van der Waals surface area contributed by atoms with Gasteiger partial charge >= 0.3 is 39.0 Å². The molecule has 0 aliphatic carbocycles. The van der Waals surface area contributed by atoms with E-state index in [0.717, 1.165) is 20.8 Å². The van der Waals surface area contributed by atoms with E-state index < -0.39 is 24.1 Å². The normalized spacial score (nSPS) is 5.50. The van der Waals surface area contributed by atoms with Crippen LogP contribution in [0, 0.1) is 0 Å². The van der Waals surface area contributed by atoms with E-state index in [1.54, 1.807) is 0 Å². The van der Waals surface area contributed by atoms with Gasteiger partial charge in [-0.05, 0) is 26.9 Å². The van der Waals surface area contributed by atoms with Gasteiger partial charge in [0.1, 0.15) is 0 Å². The molecular weight excluding hydrogens is 430 g/mol. The number of carbonyl (C=O) groups excluding carboxylic acids is 4. The van der Waals surface area contributed by atoms with Crippen LogP contribution in [0.25, 0.3) is 0 Å². The Morgan fingerprint density at radius 3 is 0.611 bits per heavy atom. The third-order valence-electron chi connectivity index (χ3n) is 0. The second-order valence-corrected chi connectivity index (χ2v) is 1.72. The van der Waals surface area contributed by atoms with E-state index in [4.69, 9.17) is 44.7 Å². The summed E-state index contributed by atoms with van der Waals surface area (Å²) >= 11 is 0. The molecule has 0 rings (SSSR count). The van der Waals surface area contributed by atoms with E-state index in [2.05, 4.69) is 0 Å². The fraction of sp³-hybridized carbons (Fsp3) is 0.429. The van der Waals surface area contributed by atoms with Crippen molar-refractivity contribution in [1.29, 1.82) is 0 Å². The first-order valence-electron chi connectivity index (χ1n) is 3.34. The van der Waals surface area contributed by atoms with Crippen LogP contribution in [0.2, 0.25) is 0 Å². The molecule has 0 saturated carbocycles. The van der Waals surface area contributed by atoms with Gasteiger partial charge in [-0.1, -0.05) is 0 Å². The number of hydrogen-bond donors (Lipinski definition) is 0. The molecule has 0 heterocycles. The number of rotatable bonds is 0. The largest absolute Gasteiger partial charge is 3.00 e. The predicted octanol–water partition coefficient (Wildman–Crippen LogP) is -6.18. The van der Waals surface area contributed by atoms with E-state index in [1.807, 2.05) is 0 Å². The van der Waals surface area contributed by atoms with Gasteiger partial charge in [0.15, 0.2) is 0 Å². The van der Waals surface area contributed by atoms with Crippen LogP contribution < -0.4 is 25.5 Å². The number of carboxylic acid groups (broad SMARTS) is 5. The molecule has 0 atom stereocenters. The number of aliphatic carboxylic acids is 3. The minimum absolute atomic E-state index is 0. The molecule has 0 spiro atoms. The second-order valence-electron chi connectivity index (χ2n) is 1.72. The average Bonchev–Trinajstić information content (AvgIpc) is 1.76. The molecule has 0 unspecified atom stereocenters. The van der Waals surface area contributed by atoms with Gasteiger partial charge < -0.3 is 44.7 Å². The smallest absolute Gasteiger partial charge is 0.652 e. The molecular formula is C7H9O9Ru2. The Balaban J connectivity index is -0.0000000257. The van der Waals surface area contributed by atoms with Crippen molar-refractivity contribution in [2.24, 2.45) is 0 Å². The van der Waals surface area contributed by atoms with Crippen molar-refractivity contribution < 1.29 is 83.7 Å². The first-order chi connectivity index (χ1) is 6.93. The van der Waals surface area contributed by atoms with Crippen LogP contribution in [0.15, 0.2) is 0 Å². The zero-order chi connectivity index (χ0) is 14.3. The van der Waals surface area contributed by atoms with E-state index in [0.29, 0.717) is 0 Å². The van der Waals surface area contributed by atoms with Crippen LogP contribution in [-0.4, -0.2) is 24.1 Å². The van der Waals surface area contributed by atoms with Crippen LogP contribution in [0.1, 0.15) is 20.8 Å². The van der Waals surface area contributed by atoms with Crippen molar-refractivity contribution in [2.75, 3.05) is 0 Å². The molecule has 0 aliphatic heterocycles. The third-order valence-corrected chi connectivity index (χ3v) is 0. The fourth-order valence-corrected chi connectivity index (χ4v) is 0. The molecule has 0 aromatic rings. The van der Waals surface area contributed by atoms with Gasteiger partial charge in [0.05, 0.1) is 0 Å². The zero-order valence-electron chi connectivity index (χ0n) is 9.38. The van der Waals surface area contributed by atoms with Crippen molar-refractivity contribution in [2.45, 2.75) is 20.8 Å². The summed E-state index contributed by atoms with van der Waals surface area (Å²) in [7, 11) is 0. The molecule has 1 radical (unpaired) electrons. The molecule has 0 fully saturated rings. The molecule has 11 heteroatoms. The van der Waals surface area contributed by atoms with Gasteiger partial charge in [-0.2, -0.15) is 0 Å².